The summed E-state index contributed by atoms with van der Waals surface area (Å²) in [5.41, 5.74) is 0. The minimum Gasteiger partial charge on any atom is -0.356 e. The number of carbonyl (C=O) groups is 1. The minimum absolute atomic E-state index is 0.238. The molecule has 3 heteroatoms. The molecule has 15 heavy (non-hydrogen) atoms. The third kappa shape index (κ3) is 3.20. The molecule has 0 aromatic heterocycles. The van der Waals surface area contributed by atoms with Crippen molar-refractivity contribution in [1.29, 1.82) is 0 Å². The van der Waals surface area contributed by atoms with Crippen LogP contribution in [0.15, 0.2) is 0 Å². The van der Waals surface area contributed by atoms with Gasteiger partial charge in [0, 0.05) is 18.5 Å². The smallest absolute Gasteiger partial charge is 0.223 e. The van der Waals surface area contributed by atoms with E-state index in [1.165, 1.54) is 25.7 Å². The predicted molar refractivity (Wildman–Crippen MR) is 60.5 cm³/mol. The number of rotatable bonds is 5. The van der Waals surface area contributed by atoms with Gasteiger partial charge >= 0.3 is 0 Å². The lowest BCUT2D eigenvalue weighted by atomic mass is 10.1. The summed E-state index contributed by atoms with van der Waals surface area (Å²) >= 11 is 0. The molecule has 1 aliphatic heterocycles. The molecule has 1 amide bonds. The summed E-state index contributed by atoms with van der Waals surface area (Å²) < 4.78 is 0. The second-order valence-electron chi connectivity index (χ2n) is 5.00. The number of carbonyl (C=O) groups excluding carboxylic acids is 1. The van der Waals surface area contributed by atoms with Gasteiger partial charge in [-0.15, -0.1) is 0 Å². The Morgan fingerprint density at radius 1 is 1.47 bits per heavy atom. The Morgan fingerprint density at radius 3 is 2.87 bits per heavy atom. The zero-order valence-electron chi connectivity index (χ0n) is 9.59. The van der Waals surface area contributed by atoms with Crippen LogP contribution in [0.25, 0.3) is 0 Å². The highest BCUT2D eigenvalue weighted by Crippen LogP contribution is 2.36. The average molecular weight is 210 g/mol. The van der Waals surface area contributed by atoms with Crippen LogP contribution in [0, 0.1) is 11.8 Å². The van der Waals surface area contributed by atoms with E-state index in [9.17, 15) is 4.79 Å². The van der Waals surface area contributed by atoms with Crippen molar-refractivity contribution in [2.24, 2.45) is 11.8 Å². The third-order valence-corrected chi connectivity index (χ3v) is 3.70. The highest BCUT2D eigenvalue weighted by Gasteiger charge is 2.32. The second kappa shape index (κ2) is 4.97. The third-order valence-electron chi connectivity index (χ3n) is 3.70. The normalized spacial score (nSPS) is 27.7. The van der Waals surface area contributed by atoms with E-state index in [1.807, 2.05) is 0 Å². The van der Waals surface area contributed by atoms with Gasteiger partial charge in [-0.1, -0.05) is 6.92 Å². The quantitative estimate of drug-likeness (QED) is 0.718. The Hall–Kier alpha value is -0.570. The van der Waals surface area contributed by atoms with Crippen LogP contribution >= 0.6 is 0 Å². The first kappa shape index (κ1) is 10.9. The van der Waals surface area contributed by atoms with Gasteiger partial charge in [-0.3, -0.25) is 4.79 Å². The van der Waals surface area contributed by atoms with E-state index < -0.39 is 0 Å². The minimum atomic E-state index is 0.238. The first-order valence-corrected chi connectivity index (χ1v) is 6.28. The molecule has 3 nitrogen and oxygen atoms in total. The van der Waals surface area contributed by atoms with Gasteiger partial charge in [0.1, 0.15) is 0 Å². The molecule has 0 aromatic carbocycles. The topological polar surface area (TPSA) is 41.1 Å². The highest BCUT2D eigenvalue weighted by molar-refractivity contribution is 5.78. The molecule has 2 aliphatic rings. The van der Waals surface area contributed by atoms with Crippen molar-refractivity contribution in [3.63, 3.8) is 0 Å². The van der Waals surface area contributed by atoms with E-state index in [0.717, 1.165) is 19.5 Å². The Balaban J connectivity index is 1.58. The molecule has 1 aliphatic carbocycles. The van der Waals surface area contributed by atoms with E-state index in [2.05, 4.69) is 17.6 Å². The van der Waals surface area contributed by atoms with Crippen molar-refractivity contribution in [1.82, 2.24) is 10.6 Å². The Morgan fingerprint density at radius 2 is 2.27 bits per heavy atom. The molecule has 1 saturated heterocycles. The summed E-state index contributed by atoms with van der Waals surface area (Å²) in [4.78, 5) is 11.7. The van der Waals surface area contributed by atoms with Crippen LogP contribution in [0.5, 0.6) is 0 Å². The number of hydrogen-bond donors (Lipinski definition) is 2. The summed E-state index contributed by atoms with van der Waals surface area (Å²) in [7, 11) is 0. The Kier molecular flexibility index (Phi) is 3.62. The maximum Gasteiger partial charge on any atom is 0.223 e. The molecule has 1 heterocycles. The maximum absolute atomic E-state index is 11.7. The molecular weight excluding hydrogens is 188 g/mol. The molecule has 0 bridgehead atoms. The van der Waals surface area contributed by atoms with Crippen molar-refractivity contribution >= 4 is 5.91 Å². The average Bonchev–Trinajstić information content (AvgIpc) is 2.96. The molecule has 1 unspecified atom stereocenters. The van der Waals surface area contributed by atoms with Crippen LogP contribution in [0.1, 0.15) is 39.0 Å². The standard InChI is InChI=1S/C12H22N2O/c1-9(10-4-5-10)12(15)14-8-6-11-3-2-7-13-11/h9-11,13H,2-8H2,1H3,(H,14,15)/t9?,11-/m0/s1. The van der Waals surface area contributed by atoms with E-state index in [0.29, 0.717) is 12.0 Å². The summed E-state index contributed by atoms with van der Waals surface area (Å²) in [5, 5.41) is 6.50. The van der Waals surface area contributed by atoms with E-state index in [1.54, 1.807) is 0 Å². The number of nitrogens with one attached hydrogen (secondary N) is 2. The van der Waals surface area contributed by atoms with E-state index in [4.69, 9.17) is 0 Å². The summed E-state index contributed by atoms with van der Waals surface area (Å²) in [6.07, 6.45) is 6.14. The predicted octanol–water partition coefficient (Wildman–Crippen LogP) is 1.29. The molecular formula is C12H22N2O. The van der Waals surface area contributed by atoms with Crippen molar-refractivity contribution in [3.05, 3.63) is 0 Å². The van der Waals surface area contributed by atoms with Crippen molar-refractivity contribution < 1.29 is 4.79 Å². The molecule has 0 radical (unpaired) electrons. The first-order valence-electron chi connectivity index (χ1n) is 6.28. The molecule has 2 N–H and O–H groups in total. The lowest BCUT2D eigenvalue weighted by Gasteiger charge is -2.13. The van der Waals surface area contributed by atoms with Gasteiger partial charge in [0.15, 0.2) is 0 Å². The fraction of sp³-hybridized carbons (Fsp3) is 0.917. The number of hydrogen-bond acceptors (Lipinski definition) is 2. The van der Waals surface area contributed by atoms with Crippen LogP contribution in [-0.2, 0) is 4.79 Å². The largest absolute Gasteiger partial charge is 0.356 e. The zero-order chi connectivity index (χ0) is 10.7. The molecule has 2 rings (SSSR count). The van der Waals surface area contributed by atoms with Gasteiger partial charge in [0.2, 0.25) is 5.91 Å². The van der Waals surface area contributed by atoms with Crippen molar-refractivity contribution in [3.8, 4) is 0 Å². The van der Waals surface area contributed by atoms with Gasteiger partial charge in [-0.2, -0.15) is 0 Å². The molecule has 2 atom stereocenters. The molecule has 0 aromatic rings. The summed E-state index contributed by atoms with van der Waals surface area (Å²) in [5.74, 6) is 1.17. The molecule has 1 saturated carbocycles. The SMILES string of the molecule is CC(C(=O)NCC[C@@H]1CCCN1)C1CC1. The number of amides is 1. The molecule has 2 fully saturated rings. The van der Waals surface area contributed by atoms with Crippen LogP contribution in [-0.4, -0.2) is 25.0 Å². The van der Waals surface area contributed by atoms with Crippen molar-refractivity contribution in [2.75, 3.05) is 13.1 Å². The van der Waals surface area contributed by atoms with Crippen molar-refractivity contribution in [2.45, 2.75) is 45.1 Å². The lowest BCUT2D eigenvalue weighted by Crippen LogP contribution is -2.34. The van der Waals surface area contributed by atoms with E-state index in [-0.39, 0.29) is 11.8 Å². The van der Waals surface area contributed by atoms with Crippen LogP contribution in [0.4, 0.5) is 0 Å². The molecule has 0 spiro atoms. The van der Waals surface area contributed by atoms with Gasteiger partial charge in [0.25, 0.3) is 0 Å². The monoisotopic (exact) mass is 210 g/mol. The van der Waals surface area contributed by atoms with Crippen LogP contribution in [0.2, 0.25) is 0 Å². The zero-order valence-corrected chi connectivity index (χ0v) is 9.59. The maximum atomic E-state index is 11.7. The van der Waals surface area contributed by atoms with Gasteiger partial charge in [-0.25, -0.2) is 0 Å². The van der Waals surface area contributed by atoms with Crippen LogP contribution < -0.4 is 10.6 Å². The lowest BCUT2D eigenvalue weighted by molar-refractivity contribution is -0.125. The van der Waals surface area contributed by atoms with Gasteiger partial charge < -0.3 is 10.6 Å². The van der Waals surface area contributed by atoms with Crippen LogP contribution in [0.3, 0.4) is 0 Å². The Bertz CT molecular complexity index is 220. The van der Waals surface area contributed by atoms with E-state index >= 15 is 0 Å². The first-order chi connectivity index (χ1) is 7.27. The fourth-order valence-corrected chi connectivity index (χ4v) is 2.34. The molecule has 86 valence electrons. The summed E-state index contributed by atoms with van der Waals surface area (Å²) in [6.45, 7) is 4.05. The van der Waals surface area contributed by atoms with Gasteiger partial charge in [-0.05, 0) is 44.6 Å². The van der Waals surface area contributed by atoms with Gasteiger partial charge in [0.05, 0.1) is 0 Å². The summed E-state index contributed by atoms with van der Waals surface area (Å²) in [6, 6.07) is 0.640. The highest BCUT2D eigenvalue weighted by atomic mass is 16.1. The Labute approximate surface area is 92.0 Å². The second-order valence-corrected chi connectivity index (χ2v) is 5.00. The fourth-order valence-electron chi connectivity index (χ4n) is 2.34.